The molecular formula is C18H22N2O3. The topological polar surface area (TPSA) is 71.2 Å². The Balaban J connectivity index is 1.49. The molecule has 1 aliphatic carbocycles. The maximum Gasteiger partial charge on any atom is 0.355 e. The van der Waals surface area contributed by atoms with E-state index in [9.17, 15) is 9.59 Å². The van der Waals surface area contributed by atoms with Gasteiger partial charge in [-0.05, 0) is 43.7 Å². The molecule has 0 bridgehead atoms. The Morgan fingerprint density at radius 3 is 2.70 bits per heavy atom. The van der Waals surface area contributed by atoms with Crippen molar-refractivity contribution >= 4 is 22.8 Å². The van der Waals surface area contributed by atoms with Crippen molar-refractivity contribution in [3.8, 4) is 0 Å². The fourth-order valence-electron chi connectivity index (χ4n) is 3.07. The van der Waals surface area contributed by atoms with Crippen LogP contribution in [-0.2, 0) is 9.53 Å². The van der Waals surface area contributed by atoms with Gasteiger partial charge in [0.2, 0.25) is 0 Å². The first-order valence-corrected chi connectivity index (χ1v) is 8.16. The average Bonchev–Trinajstić information content (AvgIpc) is 2.99. The van der Waals surface area contributed by atoms with Crippen LogP contribution in [0.2, 0.25) is 0 Å². The minimum absolute atomic E-state index is 0.213. The van der Waals surface area contributed by atoms with E-state index >= 15 is 0 Å². The lowest BCUT2D eigenvalue weighted by atomic mass is 9.87. The summed E-state index contributed by atoms with van der Waals surface area (Å²) in [5.74, 6) is 0.00520. The quantitative estimate of drug-likeness (QED) is 0.852. The molecule has 0 radical (unpaired) electrons. The van der Waals surface area contributed by atoms with Crippen molar-refractivity contribution in [3.63, 3.8) is 0 Å². The Kier molecular flexibility index (Phi) is 4.65. The molecule has 1 fully saturated rings. The average molecular weight is 314 g/mol. The molecule has 1 aromatic heterocycles. The smallest absolute Gasteiger partial charge is 0.355 e. The molecule has 2 N–H and O–H groups in total. The molecule has 122 valence electrons. The van der Waals surface area contributed by atoms with Gasteiger partial charge in [0, 0.05) is 16.9 Å². The summed E-state index contributed by atoms with van der Waals surface area (Å²) in [5.41, 5.74) is 1.24. The Labute approximate surface area is 135 Å². The molecule has 0 unspecified atom stereocenters. The molecule has 0 atom stereocenters. The number of H-pyrrole nitrogens is 1. The number of nitrogens with one attached hydrogen (secondary N) is 2. The molecule has 1 amide bonds. The Hall–Kier alpha value is -2.30. The number of aromatic nitrogens is 1. The minimum atomic E-state index is -0.506. The molecule has 5 heteroatoms. The highest BCUT2D eigenvalue weighted by Gasteiger charge is 2.20. The highest BCUT2D eigenvalue weighted by molar-refractivity contribution is 5.95. The number of amides is 1. The molecule has 3 rings (SSSR count). The summed E-state index contributed by atoms with van der Waals surface area (Å²) in [5, 5.41) is 3.89. The molecule has 0 aliphatic heterocycles. The number of hydrogen-bond donors (Lipinski definition) is 2. The lowest BCUT2D eigenvalue weighted by Gasteiger charge is -2.26. The molecule has 5 nitrogen and oxygen atoms in total. The number of ether oxygens (including phenoxy) is 1. The molecule has 0 saturated heterocycles. The first-order chi connectivity index (χ1) is 11.1. The van der Waals surface area contributed by atoms with Crippen LogP contribution in [-0.4, -0.2) is 29.5 Å². The second-order valence-electron chi connectivity index (χ2n) is 6.37. The van der Waals surface area contributed by atoms with Crippen molar-refractivity contribution in [3.05, 3.63) is 36.0 Å². The Bertz CT molecular complexity index is 666. The van der Waals surface area contributed by atoms with Crippen LogP contribution in [0.25, 0.3) is 10.9 Å². The van der Waals surface area contributed by atoms with Gasteiger partial charge >= 0.3 is 5.97 Å². The molecule has 1 saturated carbocycles. The first-order valence-electron chi connectivity index (χ1n) is 8.16. The maximum atomic E-state index is 12.0. The third-order valence-corrected chi connectivity index (χ3v) is 4.47. The van der Waals surface area contributed by atoms with Crippen LogP contribution < -0.4 is 5.32 Å². The molecule has 1 aromatic carbocycles. The van der Waals surface area contributed by atoms with Gasteiger partial charge in [0.15, 0.2) is 6.61 Å². The van der Waals surface area contributed by atoms with Crippen molar-refractivity contribution in [2.24, 2.45) is 5.92 Å². The van der Waals surface area contributed by atoms with E-state index in [2.05, 4.69) is 17.2 Å². The molecule has 0 spiro atoms. The van der Waals surface area contributed by atoms with Crippen LogP contribution in [0.3, 0.4) is 0 Å². The zero-order valence-electron chi connectivity index (χ0n) is 13.3. The summed E-state index contributed by atoms with van der Waals surface area (Å²) in [6, 6.07) is 9.56. The summed E-state index contributed by atoms with van der Waals surface area (Å²) in [6.45, 7) is 2.00. The predicted molar refractivity (Wildman–Crippen MR) is 88.1 cm³/mol. The van der Waals surface area contributed by atoms with E-state index in [-0.39, 0.29) is 18.6 Å². The zero-order chi connectivity index (χ0) is 16.2. The van der Waals surface area contributed by atoms with Crippen molar-refractivity contribution in [1.29, 1.82) is 0 Å². The van der Waals surface area contributed by atoms with E-state index in [0.29, 0.717) is 5.69 Å². The van der Waals surface area contributed by atoms with E-state index in [0.717, 1.165) is 42.5 Å². The lowest BCUT2D eigenvalue weighted by molar-refractivity contribution is -0.125. The highest BCUT2D eigenvalue weighted by atomic mass is 16.5. The van der Waals surface area contributed by atoms with E-state index < -0.39 is 5.97 Å². The normalized spacial score (nSPS) is 21.1. The zero-order valence-corrected chi connectivity index (χ0v) is 13.3. The number of benzene rings is 1. The maximum absolute atomic E-state index is 12.0. The van der Waals surface area contributed by atoms with Crippen LogP contribution in [0.1, 0.15) is 43.1 Å². The summed E-state index contributed by atoms with van der Waals surface area (Å²) in [7, 11) is 0. The number of hydrogen-bond acceptors (Lipinski definition) is 3. The van der Waals surface area contributed by atoms with Gasteiger partial charge in [-0.25, -0.2) is 4.79 Å². The predicted octanol–water partition coefficient (Wildman–Crippen LogP) is 3.02. The number of esters is 1. The van der Waals surface area contributed by atoms with Gasteiger partial charge < -0.3 is 15.0 Å². The number of carbonyl (C=O) groups is 2. The third-order valence-electron chi connectivity index (χ3n) is 4.47. The molecular weight excluding hydrogens is 292 g/mol. The fourth-order valence-corrected chi connectivity index (χ4v) is 3.07. The van der Waals surface area contributed by atoms with Crippen molar-refractivity contribution in [2.75, 3.05) is 6.61 Å². The van der Waals surface area contributed by atoms with Gasteiger partial charge in [-0.3, -0.25) is 4.79 Å². The van der Waals surface area contributed by atoms with Gasteiger partial charge in [-0.2, -0.15) is 0 Å². The molecule has 2 aromatic rings. The third kappa shape index (κ3) is 3.92. The summed E-state index contributed by atoms with van der Waals surface area (Å²) in [4.78, 5) is 26.9. The van der Waals surface area contributed by atoms with Crippen LogP contribution in [0.4, 0.5) is 0 Å². The molecule has 1 heterocycles. The standard InChI is InChI=1S/C18H22N2O3/c1-12-6-8-14(9-7-12)19-17(21)11-23-18(22)16-10-13-4-2-3-5-15(13)20-16/h2-5,10,12,14,20H,6-9,11H2,1H3,(H,19,21). The fraction of sp³-hybridized carbons (Fsp3) is 0.444. The summed E-state index contributed by atoms with van der Waals surface area (Å²) >= 11 is 0. The van der Waals surface area contributed by atoms with Crippen molar-refractivity contribution < 1.29 is 14.3 Å². The van der Waals surface area contributed by atoms with Crippen LogP contribution in [0.15, 0.2) is 30.3 Å². The number of rotatable bonds is 4. The Morgan fingerprint density at radius 1 is 1.22 bits per heavy atom. The lowest BCUT2D eigenvalue weighted by Crippen LogP contribution is -2.39. The van der Waals surface area contributed by atoms with E-state index in [1.807, 2.05) is 24.3 Å². The van der Waals surface area contributed by atoms with Gasteiger partial charge in [0.1, 0.15) is 5.69 Å². The van der Waals surface area contributed by atoms with E-state index in [4.69, 9.17) is 4.74 Å². The Morgan fingerprint density at radius 2 is 1.96 bits per heavy atom. The van der Waals surface area contributed by atoms with E-state index in [1.54, 1.807) is 6.07 Å². The summed E-state index contributed by atoms with van der Waals surface area (Å²) < 4.78 is 5.10. The van der Waals surface area contributed by atoms with Crippen molar-refractivity contribution in [2.45, 2.75) is 38.6 Å². The monoisotopic (exact) mass is 314 g/mol. The largest absolute Gasteiger partial charge is 0.451 e. The number of para-hydroxylation sites is 1. The van der Waals surface area contributed by atoms with Gasteiger partial charge in [-0.1, -0.05) is 25.1 Å². The van der Waals surface area contributed by atoms with E-state index in [1.165, 1.54) is 0 Å². The number of aromatic amines is 1. The first kappa shape index (κ1) is 15.6. The van der Waals surface area contributed by atoms with Gasteiger partial charge in [0.05, 0.1) is 0 Å². The molecule has 23 heavy (non-hydrogen) atoms. The van der Waals surface area contributed by atoms with Crippen molar-refractivity contribution in [1.82, 2.24) is 10.3 Å². The van der Waals surface area contributed by atoms with Crippen LogP contribution >= 0.6 is 0 Å². The number of fused-ring (bicyclic) bond motifs is 1. The minimum Gasteiger partial charge on any atom is -0.451 e. The SMILES string of the molecule is CC1CCC(NC(=O)COC(=O)c2cc3ccccc3[nH]2)CC1. The second kappa shape index (κ2) is 6.86. The van der Waals surface area contributed by atoms with Crippen LogP contribution in [0, 0.1) is 5.92 Å². The van der Waals surface area contributed by atoms with Gasteiger partial charge in [0.25, 0.3) is 5.91 Å². The molecule has 1 aliphatic rings. The highest BCUT2D eigenvalue weighted by Crippen LogP contribution is 2.23. The second-order valence-corrected chi connectivity index (χ2v) is 6.37. The summed E-state index contributed by atoms with van der Waals surface area (Å²) in [6.07, 6.45) is 4.28. The van der Waals surface area contributed by atoms with Gasteiger partial charge in [-0.15, -0.1) is 0 Å². The number of carbonyl (C=O) groups excluding carboxylic acids is 2. The van der Waals surface area contributed by atoms with Crippen LogP contribution in [0.5, 0.6) is 0 Å².